The highest BCUT2D eigenvalue weighted by Gasteiger charge is 2.10. The Kier molecular flexibility index (Phi) is 2.68. The number of hydrogen-bond acceptors (Lipinski definition) is 1. The molecular formula is C9H7FIN. The van der Waals surface area contributed by atoms with Crippen LogP contribution >= 0.6 is 22.6 Å². The molecule has 12 heavy (non-hydrogen) atoms. The first kappa shape index (κ1) is 9.46. The van der Waals surface area contributed by atoms with Gasteiger partial charge in [-0.15, -0.1) is 0 Å². The van der Waals surface area contributed by atoms with Crippen LogP contribution < -0.4 is 0 Å². The first-order valence-electron chi connectivity index (χ1n) is 3.43. The molecule has 1 nitrogen and oxygen atoms in total. The summed E-state index contributed by atoms with van der Waals surface area (Å²) in [6.45, 7) is 3.72. The van der Waals surface area contributed by atoms with E-state index in [0.717, 1.165) is 11.1 Å². The number of nitriles is 1. The van der Waals surface area contributed by atoms with Crippen molar-refractivity contribution in [1.29, 1.82) is 5.26 Å². The average Bonchev–Trinajstić information content (AvgIpc) is 2.01. The van der Waals surface area contributed by atoms with E-state index in [2.05, 4.69) is 0 Å². The lowest BCUT2D eigenvalue weighted by Gasteiger charge is -2.05. The molecule has 0 radical (unpaired) electrons. The molecule has 1 aromatic rings. The summed E-state index contributed by atoms with van der Waals surface area (Å²) in [6.07, 6.45) is 0. The lowest BCUT2D eigenvalue weighted by atomic mass is 10.1. The van der Waals surface area contributed by atoms with Crippen LogP contribution in [0.5, 0.6) is 0 Å². The molecule has 0 fully saturated rings. The molecule has 0 saturated carbocycles. The van der Waals surface area contributed by atoms with Crippen molar-refractivity contribution < 1.29 is 4.39 Å². The van der Waals surface area contributed by atoms with Gasteiger partial charge in [-0.2, -0.15) is 5.26 Å². The Morgan fingerprint density at radius 1 is 1.50 bits per heavy atom. The Labute approximate surface area is 84.3 Å². The van der Waals surface area contributed by atoms with Crippen LogP contribution in [0.1, 0.15) is 16.7 Å². The summed E-state index contributed by atoms with van der Waals surface area (Å²) >= 11 is 1.99. The van der Waals surface area contributed by atoms with Gasteiger partial charge in [0.15, 0.2) is 0 Å². The topological polar surface area (TPSA) is 23.8 Å². The molecule has 1 aromatic carbocycles. The molecule has 0 aliphatic heterocycles. The number of rotatable bonds is 0. The summed E-state index contributed by atoms with van der Waals surface area (Å²) in [5.74, 6) is -0.426. The molecule has 0 bridgehead atoms. The maximum absolute atomic E-state index is 13.1. The predicted octanol–water partition coefficient (Wildman–Crippen LogP) is 2.92. The van der Waals surface area contributed by atoms with E-state index in [4.69, 9.17) is 5.26 Å². The molecule has 0 unspecified atom stereocenters. The monoisotopic (exact) mass is 275 g/mol. The van der Waals surface area contributed by atoms with Crippen molar-refractivity contribution in [2.24, 2.45) is 0 Å². The van der Waals surface area contributed by atoms with Gasteiger partial charge in [0, 0.05) is 3.57 Å². The summed E-state index contributed by atoms with van der Waals surface area (Å²) < 4.78 is 13.8. The standard InChI is InChI=1S/C9H7FIN/c1-5-3-8(10)7(4-12)9(11)6(5)2/h3H,1-2H3. The molecule has 1 rings (SSSR count). The van der Waals surface area contributed by atoms with E-state index in [9.17, 15) is 4.39 Å². The number of halogens is 2. The fraction of sp³-hybridized carbons (Fsp3) is 0.222. The third kappa shape index (κ3) is 1.44. The summed E-state index contributed by atoms with van der Waals surface area (Å²) in [7, 11) is 0. The number of benzene rings is 1. The molecule has 0 saturated heterocycles. The first-order valence-corrected chi connectivity index (χ1v) is 4.51. The van der Waals surface area contributed by atoms with Crippen LogP contribution in [-0.2, 0) is 0 Å². The second kappa shape index (κ2) is 3.40. The van der Waals surface area contributed by atoms with Gasteiger partial charge in [0.1, 0.15) is 17.4 Å². The van der Waals surface area contributed by atoms with Gasteiger partial charge < -0.3 is 0 Å². The summed E-state index contributed by atoms with van der Waals surface area (Å²) in [6, 6.07) is 3.25. The second-order valence-electron chi connectivity index (χ2n) is 2.60. The molecule has 0 heterocycles. The average molecular weight is 275 g/mol. The molecule has 0 atom stereocenters. The molecule has 0 N–H and O–H groups in total. The van der Waals surface area contributed by atoms with Gasteiger partial charge in [-0.05, 0) is 53.6 Å². The summed E-state index contributed by atoms with van der Waals surface area (Å²) in [5, 5.41) is 8.62. The smallest absolute Gasteiger partial charge is 0.142 e. The zero-order chi connectivity index (χ0) is 9.30. The molecule has 0 spiro atoms. The molecular weight excluding hydrogens is 268 g/mol. The van der Waals surface area contributed by atoms with Crippen LogP contribution in [0.2, 0.25) is 0 Å². The van der Waals surface area contributed by atoms with Crippen molar-refractivity contribution in [3.8, 4) is 6.07 Å². The lowest BCUT2D eigenvalue weighted by Crippen LogP contribution is -1.95. The third-order valence-corrected chi connectivity index (χ3v) is 3.18. The van der Waals surface area contributed by atoms with Gasteiger partial charge in [-0.3, -0.25) is 0 Å². The van der Waals surface area contributed by atoms with Crippen molar-refractivity contribution in [2.45, 2.75) is 13.8 Å². The Bertz CT molecular complexity index is 366. The Balaban J connectivity index is 3.54. The minimum absolute atomic E-state index is 0.152. The normalized spacial score (nSPS) is 9.58. The van der Waals surface area contributed by atoms with Gasteiger partial charge in [-0.25, -0.2) is 4.39 Å². The van der Waals surface area contributed by atoms with E-state index in [1.54, 1.807) is 0 Å². The van der Waals surface area contributed by atoms with Gasteiger partial charge in [0.2, 0.25) is 0 Å². The van der Waals surface area contributed by atoms with Crippen LogP contribution in [0, 0.1) is 34.6 Å². The van der Waals surface area contributed by atoms with Crippen LogP contribution in [-0.4, -0.2) is 0 Å². The maximum atomic E-state index is 13.1. The predicted molar refractivity (Wildman–Crippen MR) is 53.3 cm³/mol. The van der Waals surface area contributed by atoms with Crippen molar-refractivity contribution in [3.63, 3.8) is 0 Å². The second-order valence-corrected chi connectivity index (χ2v) is 3.68. The van der Waals surface area contributed by atoms with E-state index in [1.807, 2.05) is 42.5 Å². The molecule has 0 aliphatic rings. The largest absolute Gasteiger partial charge is 0.205 e. The minimum Gasteiger partial charge on any atom is -0.205 e. The third-order valence-electron chi connectivity index (χ3n) is 1.83. The summed E-state index contributed by atoms with van der Waals surface area (Å²) in [4.78, 5) is 0. The zero-order valence-corrected chi connectivity index (χ0v) is 8.94. The summed E-state index contributed by atoms with van der Waals surface area (Å²) in [5.41, 5.74) is 2.02. The van der Waals surface area contributed by atoms with E-state index >= 15 is 0 Å². The van der Waals surface area contributed by atoms with Crippen molar-refractivity contribution in [1.82, 2.24) is 0 Å². The van der Waals surface area contributed by atoms with Gasteiger partial charge in [0.25, 0.3) is 0 Å². The van der Waals surface area contributed by atoms with Crippen LogP contribution in [0.4, 0.5) is 4.39 Å². The highest BCUT2D eigenvalue weighted by Crippen LogP contribution is 2.22. The van der Waals surface area contributed by atoms with Crippen molar-refractivity contribution in [3.05, 3.63) is 32.1 Å². The van der Waals surface area contributed by atoms with Crippen molar-refractivity contribution in [2.75, 3.05) is 0 Å². The van der Waals surface area contributed by atoms with E-state index in [0.29, 0.717) is 3.57 Å². The number of hydrogen-bond donors (Lipinski definition) is 0. The SMILES string of the molecule is Cc1cc(F)c(C#N)c(I)c1C. The Morgan fingerprint density at radius 3 is 2.58 bits per heavy atom. The highest BCUT2D eigenvalue weighted by atomic mass is 127. The van der Waals surface area contributed by atoms with Gasteiger partial charge in [0.05, 0.1) is 0 Å². The zero-order valence-electron chi connectivity index (χ0n) is 6.78. The van der Waals surface area contributed by atoms with Gasteiger partial charge in [-0.1, -0.05) is 0 Å². The van der Waals surface area contributed by atoms with Crippen LogP contribution in [0.15, 0.2) is 6.07 Å². The fourth-order valence-corrected chi connectivity index (χ4v) is 1.74. The molecule has 3 heteroatoms. The Morgan fingerprint density at radius 2 is 2.08 bits per heavy atom. The molecule has 0 amide bonds. The van der Waals surface area contributed by atoms with Crippen molar-refractivity contribution >= 4 is 22.6 Å². The number of nitrogens with zero attached hydrogens (tertiary/aromatic N) is 1. The lowest BCUT2D eigenvalue weighted by molar-refractivity contribution is 0.621. The van der Waals surface area contributed by atoms with E-state index in [-0.39, 0.29) is 5.56 Å². The quantitative estimate of drug-likeness (QED) is 0.668. The highest BCUT2D eigenvalue weighted by molar-refractivity contribution is 14.1. The molecule has 0 aromatic heterocycles. The van der Waals surface area contributed by atoms with E-state index in [1.165, 1.54) is 6.07 Å². The van der Waals surface area contributed by atoms with Crippen LogP contribution in [0.25, 0.3) is 0 Å². The van der Waals surface area contributed by atoms with Crippen LogP contribution in [0.3, 0.4) is 0 Å². The molecule has 0 aliphatic carbocycles. The van der Waals surface area contributed by atoms with E-state index < -0.39 is 5.82 Å². The number of aryl methyl sites for hydroxylation is 1. The molecule has 62 valence electrons. The Hall–Kier alpha value is -0.630. The fourth-order valence-electron chi connectivity index (χ4n) is 0.938. The minimum atomic E-state index is -0.426. The first-order chi connectivity index (χ1) is 5.57. The maximum Gasteiger partial charge on any atom is 0.142 e. The van der Waals surface area contributed by atoms with Gasteiger partial charge >= 0.3 is 0 Å².